The predicted molar refractivity (Wildman–Crippen MR) is 43.0 cm³/mol. The number of hydrogen-bond acceptors (Lipinski definition) is 3. The van der Waals surface area contributed by atoms with Crippen molar-refractivity contribution in [2.24, 2.45) is 0 Å². The molecule has 0 saturated heterocycles. The van der Waals surface area contributed by atoms with Crippen LogP contribution >= 0.6 is 0 Å². The van der Waals surface area contributed by atoms with E-state index in [1.54, 1.807) is 0 Å². The molecule has 0 fully saturated rings. The van der Waals surface area contributed by atoms with Gasteiger partial charge < -0.3 is 9.47 Å². The Bertz CT molecular complexity index is 444. The van der Waals surface area contributed by atoms with Crippen LogP contribution in [0, 0.1) is 0 Å². The first-order chi connectivity index (χ1) is 7.41. The van der Waals surface area contributed by atoms with Gasteiger partial charge in [0.1, 0.15) is 0 Å². The van der Waals surface area contributed by atoms with E-state index in [2.05, 4.69) is 9.47 Å². The van der Waals surface area contributed by atoms with E-state index < -0.39 is 35.6 Å². The maximum absolute atomic E-state index is 12.6. The van der Waals surface area contributed by atoms with Gasteiger partial charge in [0, 0.05) is 0 Å². The van der Waals surface area contributed by atoms with Crippen molar-refractivity contribution >= 4 is 5.78 Å². The van der Waals surface area contributed by atoms with E-state index in [9.17, 15) is 22.4 Å². The zero-order valence-corrected chi connectivity index (χ0v) is 7.55. The van der Waals surface area contributed by atoms with Crippen molar-refractivity contribution in [3.05, 3.63) is 23.8 Å². The maximum atomic E-state index is 12.6. The largest absolute Gasteiger partial charge is 0.586 e. The van der Waals surface area contributed by atoms with E-state index in [4.69, 9.17) is 0 Å². The average molecular weight is 236 g/mol. The standard InChI is InChI=1S/C9H4F4O3/c10-8(11)6(14)4-2-1-3-5-7(4)16-9(12,13)15-5/h1-3,8H. The number of ketones is 1. The molecule has 0 N–H and O–H groups in total. The molecule has 0 amide bonds. The van der Waals surface area contributed by atoms with Gasteiger partial charge in [-0.05, 0) is 12.1 Å². The summed E-state index contributed by atoms with van der Waals surface area (Å²) in [6, 6.07) is 3.22. The molecular formula is C9H4F4O3. The summed E-state index contributed by atoms with van der Waals surface area (Å²) in [5.41, 5.74) is -0.621. The highest BCUT2D eigenvalue weighted by atomic mass is 19.3. The fraction of sp³-hybridized carbons (Fsp3) is 0.222. The first-order valence-electron chi connectivity index (χ1n) is 4.12. The average Bonchev–Trinajstić information content (AvgIpc) is 2.49. The number of fused-ring (bicyclic) bond motifs is 1. The van der Waals surface area contributed by atoms with Gasteiger partial charge in [0.25, 0.3) is 0 Å². The van der Waals surface area contributed by atoms with Crippen molar-refractivity contribution in [2.75, 3.05) is 0 Å². The molecule has 1 aliphatic rings. The molecule has 1 heterocycles. The van der Waals surface area contributed by atoms with Crippen LogP contribution in [-0.2, 0) is 0 Å². The molecule has 0 unspecified atom stereocenters. The number of alkyl halides is 4. The number of benzene rings is 1. The summed E-state index contributed by atoms with van der Waals surface area (Å²) in [7, 11) is 0. The highest BCUT2D eigenvalue weighted by molar-refractivity contribution is 6.01. The number of ether oxygens (including phenoxy) is 2. The van der Waals surface area contributed by atoms with Crippen LogP contribution < -0.4 is 9.47 Å². The minimum atomic E-state index is -3.93. The summed E-state index contributed by atoms with van der Waals surface area (Å²) in [6.45, 7) is 0. The van der Waals surface area contributed by atoms with Crippen LogP contribution in [0.15, 0.2) is 18.2 Å². The quantitative estimate of drug-likeness (QED) is 0.584. The Labute approximate surface area is 86.6 Å². The van der Waals surface area contributed by atoms with Gasteiger partial charge in [-0.1, -0.05) is 6.07 Å². The number of Topliss-reactive ketones (excluding diaryl/α,β-unsaturated/α-hetero) is 1. The summed E-state index contributed by atoms with van der Waals surface area (Å²) >= 11 is 0. The zero-order chi connectivity index (χ0) is 11.9. The van der Waals surface area contributed by atoms with Crippen LogP contribution in [0.2, 0.25) is 0 Å². The second kappa shape index (κ2) is 3.36. The van der Waals surface area contributed by atoms with Gasteiger partial charge in [-0.2, -0.15) is 0 Å². The lowest BCUT2D eigenvalue weighted by Gasteiger charge is -2.06. The summed E-state index contributed by atoms with van der Waals surface area (Å²) in [4.78, 5) is 11.0. The first kappa shape index (κ1) is 10.7. The Balaban J connectivity index is 2.45. The molecule has 0 aliphatic carbocycles. The van der Waals surface area contributed by atoms with E-state index in [-0.39, 0.29) is 0 Å². The van der Waals surface area contributed by atoms with Gasteiger partial charge in [-0.3, -0.25) is 4.79 Å². The number of rotatable bonds is 2. The topological polar surface area (TPSA) is 35.5 Å². The molecule has 1 aromatic rings. The van der Waals surface area contributed by atoms with Crippen molar-refractivity contribution in [1.29, 1.82) is 0 Å². The van der Waals surface area contributed by atoms with Crippen molar-refractivity contribution < 1.29 is 31.8 Å². The van der Waals surface area contributed by atoms with Crippen molar-refractivity contribution in [3.8, 4) is 11.5 Å². The van der Waals surface area contributed by atoms with Gasteiger partial charge in [0.15, 0.2) is 11.5 Å². The lowest BCUT2D eigenvalue weighted by Crippen LogP contribution is -2.26. The molecule has 0 atom stereocenters. The Hall–Kier alpha value is -1.79. The monoisotopic (exact) mass is 236 g/mol. The van der Waals surface area contributed by atoms with Gasteiger partial charge in [0.2, 0.25) is 5.78 Å². The lowest BCUT2D eigenvalue weighted by atomic mass is 10.1. The minimum absolute atomic E-state index is 0.434. The Morgan fingerprint density at radius 2 is 1.94 bits per heavy atom. The summed E-state index contributed by atoms with van der Waals surface area (Å²) in [5.74, 6) is -2.67. The van der Waals surface area contributed by atoms with Gasteiger partial charge in [-0.25, -0.2) is 8.78 Å². The molecule has 1 aliphatic heterocycles. The van der Waals surface area contributed by atoms with Crippen LogP contribution in [0.4, 0.5) is 17.6 Å². The van der Waals surface area contributed by atoms with Gasteiger partial charge >= 0.3 is 12.7 Å². The number of carbonyl (C=O) groups is 1. The van der Waals surface area contributed by atoms with Crippen LogP contribution in [-0.4, -0.2) is 18.5 Å². The smallest absolute Gasteiger partial charge is 0.395 e. The molecule has 0 saturated carbocycles. The van der Waals surface area contributed by atoms with Gasteiger partial charge in [0.05, 0.1) is 5.56 Å². The first-order valence-corrected chi connectivity index (χ1v) is 4.12. The molecule has 0 aromatic heterocycles. The summed E-state index contributed by atoms with van der Waals surface area (Å²) < 4.78 is 57.6. The fourth-order valence-electron chi connectivity index (χ4n) is 1.28. The van der Waals surface area contributed by atoms with Crippen molar-refractivity contribution in [2.45, 2.75) is 12.7 Å². The summed E-state index contributed by atoms with van der Waals surface area (Å²) in [5, 5.41) is 0. The van der Waals surface area contributed by atoms with E-state index in [1.807, 2.05) is 0 Å². The third-order valence-electron chi connectivity index (χ3n) is 1.89. The Morgan fingerprint density at radius 1 is 1.25 bits per heavy atom. The second-order valence-electron chi connectivity index (χ2n) is 2.97. The van der Waals surface area contributed by atoms with Crippen molar-refractivity contribution in [3.63, 3.8) is 0 Å². The van der Waals surface area contributed by atoms with E-state index in [0.29, 0.717) is 0 Å². The third kappa shape index (κ3) is 1.68. The minimum Gasteiger partial charge on any atom is -0.395 e. The second-order valence-corrected chi connectivity index (χ2v) is 2.97. The van der Waals surface area contributed by atoms with Crippen molar-refractivity contribution in [1.82, 2.24) is 0 Å². The zero-order valence-electron chi connectivity index (χ0n) is 7.55. The Morgan fingerprint density at radius 3 is 2.56 bits per heavy atom. The van der Waals surface area contributed by atoms with Crippen LogP contribution in [0.1, 0.15) is 10.4 Å². The fourth-order valence-corrected chi connectivity index (χ4v) is 1.28. The highest BCUT2D eigenvalue weighted by Gasteiger charge is 2.45. The normalized spacial score (nSPS) is 16.6. The molecule has 1 aromatic carbocycles. The number of carbonyl (C=O) groups excluding carboxylic acids is 1. The molecular weight excluding hydrogens is 232 g/mol. The summed E-state index contributed by atoms with van der Waals surface area (Å²) in [6.07, 6.45) is -7.22. The third-order valence-corrected chi connectivity index (χ3v) is 1.89. The molecule has 0 bridgehead atoms. The van der Waals surface area contributed by atoms with E-state index >= 15 is 0 Å². The van der Waals surface area contributed by atoms with Crippen LogP contribution in [0.3, 0.4) is 0 Å². The molecule has 0 radical (unpaired) electrons. The number of hydrogen-bond donors (Lipinski definition) is 0. The van der Waals surface area contributed by atoms with Gasteiger partial charge in [-0.15, -0.1) is 8.78 Å². The SMILES string of the molecule is O=C(c1cccc2c1OC(F)(F)O2)C(F)F. The highest BCUT2D eigenvalue weighted by Crippen LogP contribution is 2.43. The molecule has 7 heteroatoms. The van der Waals surface area contributed by atoms with E-state index in [0.717, 1.165) is 18.2 Å². The molecule has 3 nitrogen and oxygen atoms in total. The number of halogens is 4. The molecule has 16 heavy (non-hydrogen) atoms. The maximum Gasteiger partial charge on any atom is 0.586 e. The predicted octanol–water partition coefficient (Wildman–Crippen LogP) is 2.46. The van der Waals surface area contributed by atoms with Crippen LogP contribution in [0.5, 0.6) is 11.5 Å². The molecule has 2 rings (SSSR count). The lowest BCUT2D eigenvalue weighted by molar-refractivity contribution is -0.286. The number of para-hydroxylation sites is 1. The molecule has 86 valence electrons. The molecule has 0 spiro atoms. The van der Waals surface area contributed by atoms with E-state index in [1.165, 1.54) is 0 Å². The Kier molecular flexibility index (Phi) is 2.25. The van der Waals surface area contributed by atoms with Crippen LogP contribution in [0.25, 0.3) is 0 Å².